The lowest BCUT2D eigenvalue weighted by Gasteiger charge is -2.29. The first kappa shape index (κ1) is 20.4. The quantitative estimate of drug-likeness (QED) is 0.549. The highest BCUT2D eigenvalue weighted by molar-refractivity contribution is 5.79. The Labute approximate surface area is 158 Å². The molecule has 6 heteroatoms. The zero-order valence-corrected chi connectivity index (χ0v) is 16.6. The van der Waals surface area contributed by atoms with E-state index < -0.39 is 0 Å². The minimum atomic E-state index is -0.0370. The molecule has 6 nitrogen and oxygen atoms in total. The summed E-state index contributed by atoms with van der Waals surface area (Å²) in [5.41, 5.74) is 0. The van der Waals surface area contributed by atoms with Crippen molar-refractivity contribution in [3.8, 4) is 11.5 Å². The van der Waals surface area contributed by atoms with E-state index in [2.05, 4.69) is 34.5 Å². The summed E-state index contributed by atoms with van der Waals surface area (Å²) in [6.07, 6.45) is 2.46. The van der Waals surface area contributed by atoms with Crippen molar-refractivity contribution in [2.24, 2.45) is 10.9 Å². The molecule has 1 aromatic carbocycles. The van der Waals surface area contributed by atoms with Crippen molar-refractivity contribution < 1.29 is 9.47 Å². The summed E-state index contributed by atoms with van der Waals surface area (Å²) >= 11 is 0. The summed E-state index contributed by atoms with van der Waals surface area (Å²) in [4.78, 5) is 7.08. The second-order valence-electron chi connectivity index (χ2n) is 6.93. The van der Waals surface area contributed by atoms with E-state index in [0.29, 0.717) is 6.54 Å². The number of benzene rings is 1. The molecule has 2 rings (SSSR count). The minimum Gasteiger partial charge on any atom is -0.493 e. The molecule has 0 aliphatic carbocycles. The third kappa shape index (κ3) is 6.75. The topological polar surface area (TPSA) is 58.1 Å². The number of methoxy groups -OCH3 is 1. The smallest absolute Gasteiger partial charge is 0.191 e. The number of ether oxygens (including phenoxy) is 2. The number of guanidine groups is 1. The van der Waals surface area contributed by atoms with Crippen LogP contribution < -0.4 is 20.1 Å². The monoisotopic (exact) mass is 362 g/mol. The molecule has 0 aromatic heterocycles. The lowest BCUT2D eigenvalue weighted by atomic mass is 9.97. The van der Waals surface area contributed by atoms with E-state index in [1.54, 1.807) is 7.11 Å². The first-order valence-corrected chi connectivity index (χ1v) is 9.62. The molecule has 1 aromatic rings. The minimum absolute atomic E-state index is 0.0370. The molecule has 0 amide bonds. The second kappa shape index (κ2) is 10.9. The Morgan fingerprint density at radius 2 is 1.92 bits per heavy atom. The van der Waals surface area contributed by atoms with Gasteiger partial charge in [-0.25, -0.2) is 4.99 Å². The van der Waals surface area contributed by atoms with E-state index in [0.717, 1.165) is 36.5 Å². The second-order valence-corrected chi connectivity index (χ2v) is 6.93. The van der Waals surface area contributed by atoms with Gasteiger partial charge in [0.15, 0.2) is 17.5 Å². The zero-order valence-electron chi connectivity index (χ0n) is 16.6. The molecule has 1 fully saturated rings. The summed E-state index contributed by atoms with van der Waals surface area (Å²) in [6, 6.07) is 7.70. The van der Waals surface area contributed by atoms with Gasteiger partial charge in [0.25, 0.3) is 0 Å². The van der Waals surface area contributed by atoms with Crippen molar-refractivity contribution in [2.75, 3.05) is 46.9 Å². The Morgan fingerprint density at radius 3 is 2.58 bits per heavy atom. The molecule has 1 unspecified atom stereocenters. The van der Waals surface area contributed by atoms with Crippen LogP contribution in [0.1, 0.15) is 26.7 Å². The van der Waals surface area contributed by atoms with Crippen molar-refractivity contribution in [1.29, 1.82) is 0 Å². The maximum atomic E-state index is 5.98. The zero-order chi connectivity index (χ0) is 18.8. The third-order valence-corrected chi connectivity index (χ3v) is 4.64. The van der Waals surface area contributed by atoms with Crippen molar-refractivity contribution in [1.82, 2.24) is 15.5 Å². The number of hydrogen-bond donors (Lipinski definition) is 2. The van der Waals surface area contributed by atoms with E-state index in [4.69, 9.17) is 9.47 Å². The van der Waals surface area contributed by atoms with Crippen molar-refractivity contribution >= 4 is 5.96 Å². The third-order valence-electron chi connectivity index (χ3n) is 4.64. The molecule has 1 aliphatic heterocycles. The average molecular weight is 363 g/mol. The highest BCUT2D eigenvalue weighted by atomic mass is 16.5. The molecular weight excluding hydrogens is 328 g/mol. The fourth-order valence-electron chi connectivity index (χ4n) is 3.04. The molecule has 1 heterocycles. The number of likely N-dealkylation sites (tertiary alicyclic amines) is 1. The predicted molar refractivity (Wildman–Crippen MR) is 107 cm³/mol. The van der Waals surface area contributed by atoms with Gasteiger partial charge in [-0.1, -0.05) is 12.1 Å². The largest absolute Gasteiger partial charge is 0.493 e. The van der Waals surface area contributed by atoms with Gasteiger partial charge in [-0.05, 0) is 64.9 Å². The maximum absolute atomic E-state index is 5.98. The first-order chi connectivity index (χ1) is 12.6. The van der Waals surface area contributed by atoms with E-state index in [1.165, 1.54) is 25.9 Å². The molecule has 1 atom stereocenters. The summed E-state index contributed by atoms with van der Waals surface area (Å²) in [6.45, 7) is 8.88. The van der Waals surface area contributed by atoms with Crippen molar-refractivity contribution in [2.45, 2.75) is 32.8 Å². The van der Waals surface area contributed by atoms with Crippen LogP contribution >= 0.6 is 0 Å². The van der Waals surface area contributed by atoms with Gasteiger partial charge >= 0.3 is 0 Å². The summed E-state index contributed by atoms with van der Waals surface area (Å²) in [5.74, 6) is 3.08. The van der Waals surface area contributed by atoms with Gasteiger partial charge in [0.05, 0.1) is 13.7 Å². The Hall–Kier alpha value is -1.95. The Kier molecular flexibility index (Phi) is 8.54. The Bertz CT molecular complexity index is 556. The number of hydrogen-bond acceptors (Lipinski definition) is 4. The van der Waals surface area contributed by atoms with E-state index in [1.807, 2.05) is 31.2 Å². The van der Waals surface area contributed by atoms with Crippen LogP contribution in [0.15, 0.2) is 29.3 Å². The van der Waals surface area contributed by atoms with Gasteiger partial charge in [-0.3, -0.25) is 0 Å². The van der Waals surface area contributed by atoms with Crippen LogP contribution in [0.4, 0.5) is 0 Å². The van der Waals surface area contributed by atoms with Crippen LogP contribution in [0.5, 0.6) is 11.5 Å². The average Bonchev–Trinajstić information content (AvgIpc) is 2.65. The lowest BCUT2D eigenvalue weighted by molar-refractivity contribution is 0.217. The van der Waals surface area contributed by atoms with Crippen LogP contribution in [0.3, 0.4) is 0 Å². The molecule has 146 valence electrons. The number of rotatable bonds is 8. The van der Waals surface area contributed by atoms with Gasteiger partial charge in [0.1, 0.15) is 6.10 Å². The van der Waals surface area contributed by atoms with Crippen LogP contribution in [-0.4, -0.2) is 63.8 Å². The number of aliphatic imine (C=N–C) groups is 1. The Balaban J connectivity index is 1.83. The predicted octanol–water partition coefficient (Wildman–Crippen LogP) is 2.36. The van der Waals surface area contributed by atoms with Crippen molar-refractivity contribution in [3.63, 3.8) is 0 Å². The summed E-state index contributed by atoms with van der Waals surface area (Å²) < 4.78 is 11.3. The fraction of sp³-hybridized carbons (Fsp3) is 0.650. The molecule has 26 heavy (non-hydrogen) atoms. The lowest BCUT2D eigenvalue weighted by Crippen LogP contribution is -2.42. The van der Waals surface area contributed by atoms with Crippen LogP contribution in [0, 0.1) is 5.92 Å². The van der Waals surface area contributed by atoms with Gasteiger partial charge in [-0.2, -0.15) is 0 Å². The molecule has 0 radical (unpaired) electrons. The van der Waals surface area contributed by atoms with E-state index in [9.17, 15) is 0 Å². The number of nitrogens with one attached hydrogen (secondary N) is 2. The molecular formula is C20H34N4O2. The molecule has 2 N–H and O–H groups in total. The fourth-order valence-corrected chi connectivity index (χ4v) is 3.04. The Morgan fingerprint density at radius 1 is 1.23 bits per heavy atom. The normalized spacial score (nSPS) is 17.6. The van der Waals surface area contributed by atoms with Crippen molar-refractivity contribution in [3.05, 3.63) is 24.3 Å². The van der Waals surface area contributed by atoms with Crippen LogP contribution in [0.2, 0.25) is 0 Å². The molecule has 1 saturated heterocycles. The van der Waals surface area contributed by atoms with Gasteiger partial charge in [0.2, 0.25) is 0 Å². The van der Waals surface area contributed by atoms with Gasteiger partial charge in [0, 0.05) is 13.1 Å². The van der Waals surface area contributed by atoms with Gasteiger partial charge < -0.3 is 25.0 Å². The number of nitrogens with zero attached hydrogens (tertiary/aromatic N) is 2. The van der Waals surface area contributed by atoms with Crippen LogP contribution in [0.25, 0.3) is 0 Å². The molecule has 0 bridgehead atoms. The highest BCUT2D eigenvalue weighted by Crippen LogP contribution is 2.26. The van der Waals surface area contributed by atoms with E-state index >= 15 is 0 Å². The van der Waals surface area contributed by atoms with Gasteiger partial charge in [-0.15, -0.1) is 0 Å². The number of para-hydroxylation sites is 2. The summed E-state index contributed by atoms with van der Waals surface area (Å²) in [7, 11) is 3.85. The van der Waals surface area contributed by atoms with Crippen LogP contribution in [-0.2, 0) is 0 Å². The van der Waals surface area contributed by atoms with E-state index in [-0.39, 0.29) is 6.10 Å². The standard InChI is InChI=1S/C20H34N4O2/c1-5-21-20(23-15-17-10-12-24(3)13-11-17)22-14-16(2)26-19-9-7-6-8-18(19)25-4/h6-9,16-17H,5,10-15H2,1-4H3,(H2,21,22,23). The first-order valence-electron chi connectivity index (χ1n) is 9.62. The maximum Gasteiger partial charge on any atom is 0.191 e. The summed E-state index contributed by atoms with van der Waals surface area (Å²) in [5, 5.41) is 6.81. The highest BCUT2D eigenvalue weighted by Gasteiger charge is 2.16. The molecule has 0 spiro atoms. The number of piperidine rings is 1. The SMILES string of the molecule is CCNC(=NCC(C)Oc1ccccc1OC)NCC1CCN(C)CC1. The molecule has 0 saturated carbocycles. The molecule has 1 aliphatic rings.